The first-order chi connectivity index (χ1) is 17.6. The van der Waals surface area contributed by atoms with E-state index in [0.717, 1.165) is 41.3 Å². The number of likely N-dealkylation sites (tertiary alicyclic amines) is 1. The van der Waals surface area contributed by atoms with Crippen molar-refractivity contribution in [3.8, 4) is 0 Å². The summed E-state index contributed by atoms with van der Waals surface area (Å²) in [5.74, 6) is 0.909. The summed E-state index contributed by atoms with van der Waals surface area (Å²) in [6.45, 7) is 4.50. The van der Waals surface area contributed by atoms with Crippen LogP contribution in [0.3, 0.4) is 0 Å². The molecule has 2 aliphatic heterocycles. The molecule has 1 aromatic rings. The Morgan fingerprint density at radius 2 is 1.68 bits per heavy atom. The van der Waals surface area contributed by atoms with Gasteiger partial charge in [0.25, 0.3) is 0 Å². The summed E-state index contributed by atoms with van der Waals surface area (Å²) >= 11 is 1.11. The molecule has 210 valence electrons. The molecule has 1 N–H and O–H groups in total. The number of carbonyl (C=O) groups excluding carboxylic acids is 1. The number of alkyl halides is 6. The number of aliphatic imine (C=N–C) groups is 1. The zero-order chi connectivity index (χ0) is 27.9. The first-order valence-corrected chi connectivity index (χ1v) is 13.6. The lowest BCUT2D eigenvalue weighted by Gasteiger charge is -2.40. The van der Waals surface area contributed by atoms with Gasteiger partial charge in [0, 0.05) is 11.4 Å². The minimum absolute atomic E-state index is 0.0828. The molecule has 3 aliphatic rings. The summed E-state index contributed by atoms with van der Waals surface area (Å²) < 4.78 is 79.4. The van der Waals surface area contributed by atoms with E-state index in [1.807, 2.05) is 4.90 Å². The van der Waals surface area contributed by atoms with E-state index in [9.17, 15) is 36.2 Å². The van der Waals surface area contributed by atoms with Crippen LogP contribution in [0.5, 0.6) is 0 Å². The third-order valence-electron chi connectivity index (χ3n) is 7.66. The maximum atomic E-state index is 13.5. The summed E-state index contributed by atoms with van der Waals surface area (Å²) in [6, 6.07) is 1.82. The van der Waals surface area contributed by atoms with E-state index < -0.39 is 29.1 Å². The number of aliphatic hydroxyl groups is 1. The molecule has 11 heteroatoms. The molecule has 2 fully saturated rings. The topological polar surface area (TPSA) is 52.9 Å². The van der Waals surface area contributed by atoms with Gasteiger partial charge in [-0.15, -0.1) is 0 Å². The summed E-state index contributed by atoms with van der Waals surface area (Å²) in [7, 11) is 0. The molecule has 0 bridgehead atoms. The molecular weight excluding hydrogens is 530 g/mol. The fourth-order valence-corrected chi connectivity index (χ4v) is 6.42. The Labute approximate surface area is 222 Å². The highest BCUT2D eigenvalue weighted by atomic mass is 32.2. The number of piperidine rings is 1. The monoisotopic (exact) mass is 562 g/mol. The van der Waals surface area contributed by atoms with Crippen molar-refractivity contribution >= 4 is 22.7 Å². The van der Waals surface area contributed by atoms with Gasteiger partial charge < -0.3 is 5.11 Å². The molecule has 2 atom stereocenters. The van der Waals surface area contributed by atoms with Crippen molar-refractivity contribution in [2.45, 2.75) is 76.9 Å². The third-order valence-corrected chi connectivity index (χ3v) is 8.51. The molecular formula is C27H32F6N2O2S. The Balaban J connectivity index is 1.36. The maximum Gasteiger partial charge on any atom is 0.416 e. The molecule has 0 spiro atoms. The maximum absolute atomic E-state index is 13.5. The van der Waals surface area contributed by atoms with Crippen molar-refractivity contribution in [3.05, 3.63) is 45.9 Å². The lowest BCUT2D eigenvalue weighted by Crippen LogP contribution is -2.35. The normalized spacial score (nSPS) is 25.1. The standard InChI is InChI=1S/C27H32F6N2O2S/c1-25(2,37)14-18-4-3-17(18)12-22-23(38-24(36)34-22)11-16-7-9-35(10-8-16)15-19-5-6-20(26(28,29)30)13-21(19)27(31,32)33/h5-6,11,13,16-18,37H,3-4,7-10,12,14-15H2,1-2H3/b23-11-/t17-,18?/m1/s1. The van der Waals surface area contributed by atoms with E-state index in [1.165, 1.54) is 0 Å². The van der Waals surface area contributed by atoms with Gasteiger partial charge in [0.2, 0.25) is 0 Å². The molecule has 0 radical (unpaired) electrons. The molecule has 4 nitrogen and oxygen atoms in total. The second kappa shape index (κ2) is 11.0. The Morgan fingerprint density at radius 3 is 2.24 bits per heavy atom. The molecule has 4 rings (SSSR count). The van der Waals surface area contributed by atoms with E-state index >= 15 is 0 Å². The van der Waals surface area contributed by atoms with Crippen molar-refractivity contribution < 1.29 is 36.2 Å². The third kappa shape index (κ3) is 7.41. The number of hydrogen-bond donors (Lipinski definition) is 1. The van der Waals surface area contributed by atoms with Crippen LogP contribution in [0.15, 0.2) is 34.2 Å². The highest BCUT2D eigenvalue weighted by Crippen LogP contribution is 2.44. The SMILES string of the molecule is CC(C)(O)CC1CC[C@@H]1CC1=NC(=O)S/C1=C\C1CCN(Cc2ccc(C(F)(F)F)cc2C(F)(F)F)CC1. The minimum atomic E-state index is -4.88. The Hall–Kier alpha value is -1.85. The summed E-state index contributed by atoms with van der Waals surface area (Å²) in [5, 5.41) is 9.90. The van der Waals surface area contributed by atoms with Gasteiger partial charge >= 0.3 is 17.6 Å². The highest BCUT2D eigenvalue weighted by Gasteiger charge is 2.39. The van der Waals surface area contributed by atoms with Gasteiger partial charge in [-0.2, -0.15) is 26.3 Å². The Kier molecular flexibility index (Phi) is 8.41. The predicted octanol–water partition coefficient (Wildman–Crippen LogP) is 7.71. The lowest BCUT2D eigenvalue weighted by molar-refractivity contribution is -0.143. The number of carbonyl (C=O) groups is 1. The van der Waals surface area contributed by atoms with Crippen LogP contribution in [0.1, 0.15) is 69.1 Å². The summed E-state index contributed by atoms with van der Waals surface area (Å²) in [4.78, 5) is 19.0. The number of hydrogen-bond acceptors (Lipinski definition) is 4. The van der Waals surface area contributed by atoms with E-state index in [4.69, 9.17) is 0 Å². The quantitative estimate of drug-likeness (QED) is 0.346. The lowest BCUT2D eigenvalue weighted by atomic mass is 9.67. The zero-order valence-corrected chi connectivity index (χ0v) is 22.1. The van der Waals surface area contributed by atoms with Crippen LogP contribution in [0, 0.1) is 17.8 Å². The largest absolute Gasteiger partial charge is 0.416 e. The van der Waals surface area contributed by atoms with Crippen molar-refractivity contribution in [1.82, 2.24) is 4.90 Å². The van der Waals surface area contributed by atoms with Gasteiger partial charge in [-0.1, -0.05) is 12.1 Å². The van der Waals surface area contributed by atoms with E-state index in [2.05, 4.69) is 11.1 Å². The van der Waals surface area contributed by atoms with Crippen molar-refractivity contribution in [2.24, 2.45) is 22.7 Å². The van der Waals surface area contributed by atoms with Crippen LogP contribution in [-0.4, -0.2) is 39.6 Å². The molecule has 1 amide bonds. The number of thioether (sulfide) groups is 1. The van der Waals surface area contributed by atoms with Crippen LogP contribution in [-0.2, 0) is 18.9 Å². The Bertz CT molecular complexity index is 1100. The molecule has 38 heavy (non-hydrogen) atoms. The Morgan fingerprint density at radius 1 is 1.03 bits per heavy atom. The number of rotatable bonds is 7. The first-order valence-electron chi connectivity index (χ1n) is 12.8. The van der Waals surface area contributed by atoms with Crippen LogP contribution in [0.25, 0.3) is 0 Å². The van der Waals surface area contributed by atoms with E-state index in [1.54, 1.807) is 13.8 Å². The molecule has 2 heterocycles. The number of amides is 1. The van der Waals surface area contributed by atoms with Crippen LogP contribution in [0.4, 0.5) is 31.1 Å². The van der Waals surface area contributed by atoms with Crippen LogP contribution >= 0.6 is 11.8 Å². The van der Waals surface area contributed by atoms with Gasteiger partial charge in [-0.25, -0.2) is 4.99 Å². The molecule has 1 aromatic carbocycles. The second-order valence-corrected chi connectivity index (χ2v) is 12.2. The fraction of sp³-hybridized carbons (Fsp3) is 0.630. The van der Waals surface area contributed by atoms with E-state index in [0.29, 0.717) is 56.7 Å². The molecule has 1 aliphatic carbocycles. The van der Waals surface area contributed by atoms with Gasteiger partial charge in [0.05, 0.1) is 22.4 Å². The molecule has 0 aromatic heterocycles. The van der Waals surface area contributed by atoms with Gasteiger partial charge in [-0.05, 0) is 113 Å². The zero-order valence-electron chi connectivity index (χ0n) is 21.3. The smallest absolute Gasteiger partial charge is 0.390 e. The van der Waals surface area contributed by atoms with Gasteiger partial charge in [-0.3, -0.25) is 9.69 Å². The van der Waals surface area contributed by atoms with E-state index in [-0.39, 0.29) is 29.3 Å². The highest BCUT2D eigenvalue weighted by molar-refractivity contribution is 8.18. The van der Waals surface area contributed by atoms with Crippen LogP contribution < -0.4 is 0 Å². The summed E-state index contributed by atoms with van der Waals surface area (Å²) in [6.07, 6.45) is -2.86. The van der Waals surface area contributed by atoms with Gasteiger partial charge in [0.15, 0.2) is 0 Å². The predicted molar refractivity (Wildman–Crippen MR) is 135 cm³/mol. The molecule has 1 saturated carbocycles. The van der Waals surface area contributed by atoms with Crippen molar-refractivity contribution in [3.63, 3.8) is 0 Å². The molecule has 1 saturated heterocycles. The number of allylic oxidation sites excluding steroid dienone is 2. The fourth-order valence-electron chi connectivity index (χ4n) is 5.57. The number of halogens is 6. The number of nitrogens with zero attached hydrogens (tertiary/aromatic N) is 2. The second-order valence-electron chi connectivity index (χ2n) is 11.3. The summed E-state index contributed by atoms with van der Waals surface area (Å²) in [5.41, 5.74) is -2.69. The van der Waals surface area contributed by atoms with Crippen LogP contribution in [0.2, 0.25) is 0 Å². The first kappa shape index (κ1) is 29.1. The van der Waals surface area contributed by atoms with Crippen molar-refractivity contribution in [1.29, 1.82) is 0 Å². The molecule has 1 unspecified atom stereocenters. The minimum Gasteiger partial charge on any atom is -0.390 e. The average Bonchev–Trinajstić information content (AvgIpc) is 3.13. The van der Waals surface area contributed by atoms with Gasteiger partial charge in [0.1, 0.15) is 0 Å². The van der Waals surface area contributed by atoms with Crippen molar-refractivity contribution in [2.75, 3.05) is 13.1 Å². The number of benzene rings is 1. The average molecular weight is 563 g/mol.